The van der Waals surface area contributed by atoms with Gasteiger partial charge in [-0.25, -0.2) is 4.79 Å². The van der Waals surface area contributed by atoms with Gasteiger partial charge in [0.25, 0.3) is 0 Å². The van der Waals surface area contributed by atoms with Crippen LogP contribution in [0.15, 0.2) is 0 Å². The fourth-order valence-corrected chi connectivity index (χ4v) is 3.25. The molecule has 1 aliphatic rings. The van der Waals surface area contributed by atoms with E-state index in [-0.39, 0.29) is 12.5 Å². The van der Waals surface area contributed by atoms with Gasteiger partial charge in [0.1, 0.15) is 17.5 Å². The molecule has 114 valence electrons. The fraction of sp³-hybridized carbons (Fsp3) is 0.769. The van der Waals surface area contributed by atoms with Gasteiger partial charge in [0, 0.05) is 11.3 Å². The number of hydrogen-bond donors (Lipinski definition) is 1. The summed E-state index contributed by atoms with van der Waals surface area (Å²) in [5, 5.41) is 1.93. The van der Waals surface area contributed by atoms with Gasteiger partial charge in [-0.1, -0.05) is 0 Å². The summed E-state index contributed by atoms with van der Waals surface area (Å²) in [5.41, 5.74) is -1.01. The second-order valence-corrected chi connectivity index (χ2v) is 7.37. The van der Waals surface area contributed by atoms with Crippen LogP contribution in [-0.2, 0) is 14.3 Å². The van der Waals surface area contributed by atoms with Crippen LogP contribution in [0.5, 0.6) is 0 Å². The van der Waals surface area contributed by atoms with E-state index in [1.807, 2.05) is 13.8 Å². The first kappa shape index (κ1) is 16.8. The number of alkyl carbamates (subject to hydrolysis) is 1. The van der Waals surface area contributed by atoms with E-state index in [1.165, 1.54) is 16.7 Å². The van der Waals surface area contributed by atoms with Crippen molar-refractivity contribution >= 4 is 30.0 Å². The Morgan fingerprint density at radius 2 is 2.05 bits per heavy atom. The van der Waals surface area contributed by atoms with Gasteiger partial charge in [0.05, 0.1) is 0 Å². The Labute approximate surface area is 123 Å². The van der Waals surface area contributed by atoms with Gasteiger partial charge in [0.2, 0.25) is 5.91 Å². The molecule has 1 fully saturated rings. The zero-order valence-corrected chi connectivity index (χ0v) is 13.4. The highest BCUT2D eigenvalue weighted by atomic mass is 32.2. The molecule has 1 aliphatic heterocycles. The fourth-order valence-electron chi connectivity index (χ4n) is 1.90. The molecule has 6 nitrogen and oxygen atoms in total. The van der Waals surface area contributed by atoms with Crippen molar-refractivity contribution in [1.29, 1.82) is 0 Å². The zero-order valence-electron chi connectivity index (χ0n) is 12.6. The number of hydrogen-bond acceptors (Lipinski definition) is 5. The summed E-state index contributed by atoms with van der Waals surface area (Å²) in [6.07, 6.45) is 0.114. The lowest BCUT2D eigenvalue weighted by Crippen LogP contribution is -2.52. The number of thioether (sulfide) groups is 1. The highest BCUT2D eigenvalue weighted by molar-refractivity contribution is 8.00. The van der Waals surface area contributed by atoms with E-state index >= 15 is 0 Å². The number of ether oxygens (including phenoxy) is 1. The largest absolute Gasteiger partial charge is 0.444 e. The summed E-state index contributed by atoms with van der Waals surface area (Å²) in [6.45, 7) is 8.86. The molecule has 0 radical (unpaired) electrons. The van der Waals surface area contributed by atoms with E-state index in [9.17, 15) is 14.4 Å². The summed E-state index contributed by atoms with van der Waals surface area (Å²) in [5.74, 6) is 0.400. The second-order valence-electron chi connectivity index (χ2n) is 6.27. The van der Waals surface area contributed by atoms with Gasteiger partial charge >= 0.3 is 6.09 Å². The molecule has 0 bridgehead atoms. The lowest BCUT2D eigenvalue weighted by molar-refractivity contribution is -0.137. The molecule has 1 atom stereocenters. The lowest BCUT2D eigenvalue weighted by atomic mass is 10.1. The van der Waals surface area contributed by atoms with Crippen molar-refractivity contribution in [2.24, 2.45) is 0 Å². The third-order valence-corrected chi connectivity index (χ3v) is 4.22. The number of nitrogens with one attached hydrogen (secondary N) is 1. The molecule has 7 heteroatoms. The minimum absolute atomic E-state index is 0.177. The van der Waals surface area contributed by atoms with Crippen LogP contribution in [0.25, 0.3) is 0 Å². The molecule has 0 aromatic rings. The highest BCUT2D eigenvalue weighted by Crippen LogP contribution is 2.35. The minimum Gasteiger partial charge on any atom is -0.444 e. The van der Waals surface area contributed by atoms with Crippen molar-refractivity contribution < 1.29 is 19.1 Å². The molecule has 1 heterocycles. The molecule has 0 unspecified atom stereocenters. The third kappa shape index (κ3) is 4.40. The Kier molecular flexibility index (Phi) is 5.07. The number of amides is 2. The summed E-state index contributed by atoms with van der Waals surface area (Å²) in [7, 11) is 0. The Balaban J connectivity index is 2.58. The molecule has 0 saturated carbocycles. The van der Waals surface area contributed by atoms with E-state index in [0.717, 1.165) is 6.29 Å². The van der Waals surface area contributed by atoms with Crippen LogP contribution in [0.1, 0.15) is 34.6 Å². The first-order chi connectivity index (χ1) is 9.07. The molecule has 0 aliphatic carbocycles. The third-order valence-electron chi connectivity index (χ3n) is 2.68. The molecule has 20 heavy (non-hydrogen) atoms. The molecule has 0 aromatic carbocycles. The topological polar surface area (TPSA) is 75.7 Å². The average molecular weight is 302 g/mol. The van der Waals surface area contributed by atoms with Crippen molar-refractivity contribution in [2.45, 2.75) is 51.1 Å². The van der Waals surface area contributed by atoms with Crippen molar-refractivity contribution in [1.82, 2.24) is 10.2 Å². The van der Waals surface area contributed by atoms with Gasteiger partial charge < -0.3 is 19.7 Å². The van der Waals surface area contributed by atoms with Gasteiger partial charge in [-0.15, -0.1) is 11.8 Å². The van der Waals surface area contributed by atoms with E-state index < -0.39 is 22.6 Å². The molecular weight excluding hydrogens is 280 g/mol. The van der Waals surface area contributed by atoms with E-state index in [2.05, 4.69) is 5.32 Å². The van der Waals surface area contributed by atoms with Crippen LogP contribution in [0.4, 0.5) is 4.79 Å². The summed E-state index contributed by atoms with van der Waals surface area (Å²) in [4.78, 5) is 36.2. The van der Waals surface area contributed by atoms with Crippen LogP contribution in [0.3, 0.4) is 0 Å². The average Bonchev–Trinajstić information content (AvgIpc) is 2.59. The van der Waals surface area contributed by atoms with Crippen molar-refractivity contribution in [3.63, 3.8) is 0 Å². The standard InChI is InChI=1S/C13H22N2O4S/c1-12(2,3)19-11(18)14-6-9(17)15-10(7-16)20-8-13(15,4)5/h7,10H,6,8H2,1-5H3,(H,14,18)/t10-/m1/s1. The van der Waals surface area contributed by atoms with Crippen LogP contribution in [0, 0.1) is 0 Å². The van der Waals surface area contributed by atoms with Crippen molar-refractivity contribution in [2.75, 3.05) is 12.3 Å². The molecule has 1 N–H and O–H groups in total. The van der Waals surface area contributed by atoms with E-state index in [1.54, 1.807) is 20.8 Å². The number of carbonyl (C=O) groups is 3. The van der Waals surface area contributed by atoms with Gasteiger partial charge in [-0.2, -0.15) is 0 Å². The summed E-state index contributed by atoms with van der Waals surface area (Å²) >= 11 is 1.42. The summed E-state index contributed by atoms with van der Waals surface area (Å²) < 4.78 is 5.06. The molecule has 1 saturated heterocycles. The van der Waals surface area contributed by atoms with E-state index in [0.29, 0.717) is 5.75 Å². The Bertz CT molecular complexity index is 404. The maximum Gasteiger partial charge on any atom is 0.408 e. The minimum atomic E-state index is -0.641. The Morgan fingerprint density at radius 1 is 1.45 bits per heavy atom. The molecule has 2 amide bonds. The SMILES string of the molecule is CC(C)(C)OC(=O)NCC(=O)N1[C@@H](C=O)SCC1(C)C. The number of rotatable bonds is 3. The van der Waals surface area contributed by atoms with Crippen LogP contribution in [-0.4, -0.2) is 52.0 Å². The monoisotopic (exact) mass is 302 g/mol. The van der Waals surface area contributed by atoms with Crippen LogP contribution < -0.4 is 5.32 Å². The molecular formula is C13H22N2O4S. The van der Waals surface area contributed by atoms with Crippen LogP contribution in [0.2, 0.25) is 0 Å². The summed E-state index contributed by atoms with van der Waals surface area (Å²) in [6, 6.07) is 0. The molecule has 0 spiro atoms. The smallest absolute Gasteiger partial charge is 0.408 e. The Morgan fingerprint density at radius 3 is 2.55 bits per heavy atom. The highest BCUT2D eigenvalue weighted by Gasteiger charge is 2.42. The molecule has 1 rings (SSSR count). The Hall–Kier alpha value is -1.24. The number of aldehydes is 1. The van der Waals surface area contributed by atoms with Gasteiger partial charge in [-0.3, -0.25) is 4.79 Å². The lowest BCUT2D eigenvalue weighted by Gasteiger charge is -2.33. The predicted octanol–water partition coefficient (Wildman–Crippen LogP) is 1.39. The predicted molar refractivity (Wildman–Crippen MR) is 77.5 cm³/mol. The van der Waals surface area contributed by atoms with Crippen LogP contribution >= 0.6 is 11.8 Å². The van der Waals surface area contributed by atoms with Crippen molar-refractivity contribution in [3.8, 4) is 0 Å². The second kappa shape index (κ2) is 6.03. The number of carbonyl (C=O) groups excluding carboxylic acids is 3. The normalized spacial score (nSPS) is 21.4. The quantitative estimate of drug-likeness (QED) is 0.797. The first-order valence-corrected chi connectivity index (χ1v) is 7.47. The van der Waals surface area contributed by atoms with Gasteiger partial charge in [-0.05, 0) is 34.6 Å². The maximum atomic E-state index is 12.2. The molecule has 0 aromatic heterocycles. The number of nitrogens with zero attached hydrogens (tertiary/aromatic N) is 1. The maximum absolute atomic E-state index is 12.2. The van der Waals surface area contributed by atoms with E-state index in [4.69, 9.17) is 4.74 Å². The first-order valence-electron chi connectivity index (χ1n) is 6.43. The zero-order chi connectivity index (χ0) is 15.6. The van der Waals surface area contributed by atoms with Crippen molar-refractivity contribution in [3.05, 3.63) is 0 Å². The van der Waals surface area contributed by atoms with Gasteiger partial charge in [0.15, 0.2) is 6.29 Å².